The second kappa shape index (κ2) is 7.32. The molecule has 0 spiro atoms. The number of rotatable bonds is 5. The van der Waals surface area contributed by atoms with E-state index in [4.69, 9.17) is 5.11 Å². The second-order valence-electron chi connectivity index (χ2n) is 4.21. The molecule has 104 valence electrons. The summed E-state index contributed by atoms with van der Waals surface area (Å²) in [5.74, 6) is -1.01. The summed E-state index contributed by atoms with van der Waals surface area (Å²) in [6, 6.07) is 4.43. The van der Waals surface area contributed by atoms with Gasteiger partial charge < -0.3 is 15.3 Å². The molecule has 0 fully saturated rings. The minimum absolute atomic E-state index is 0.159. The van der Waals surface area contributed by atoms with Crippen LogP contribution in [0.15, 0.2) is 18.2 Å². The van der Waals surface area contributed by atoms with E-state index in [-0.39, 0.29) is 11.6 Å². The van der Waals surface area contributed by atoms with Crippen LogP contribution >= 0.6 is 22.6 Å². The predicted molar refractivity (Wildman–Crippen MR) is 82.7 cm³/mol. The van der Waals surface area contributed by atoms with E-state index in [1.54, 1.807) is 18.0 Å². The van der Waals surface area contributed by atoms with Crippen LogP contribution in [0.2, 0.25) is 0 Å². The second-order valence-corrected chi connectivity index (χ2v) is 5.37. The minimum Gasteiger partial charge on any atom is -0.478 e. The molecule has 1 aromatic carbocycles. The monoisotopic (exact) mass is 376 g/mol. The number of carboxylic acid groups (broad SMARTS) is 1. The highest BCUT2D eigenvalue weighted by molar-refractivity contribution is 14.1. The Hall–Kier alpha value is -1.31. The number of halogens is 1. The number of amides is 2. The van der Waals surface area contributed by atoms with Gasteiger partial charge in [-0.1, -0.05) is 13.3 Å². The van der Waals surface area contributed by atoms with E-state index in [9.17, 15) is 9.59 Å². The van der Waals surface area contributed by atoms with Gasteiger partial charge in [0, 0.05) is 17.2 Å². The number of carbonyl (C=O) groups is 2. The van der Waals surface area contributed by atoms with Crippen LogP contribution in [0.3, 0.4) is 0 Å². The summed E-state index contributed by atoms with van der Waals surface area (Å²) in [5, 5.41) is 11.7. The SMILES string of the molecule is CCCCN(C)C(=O)Nc1cc(C(=O)O)ccc1I. The first-order valence-corrected chi connectivity index (χ1v) is 7.08. The molecule has 0 aromatic heterocycles. The predicted octanol–water partition coefficient (Wildman–Crippen LogP) is 3.25. The van der Waals surface area contributed by atoms with Crippen LogP contribution in [0.1, 0.15) is 30.1 Å². The normalized spacial score (nSPS) is 10.1. The quantitative estimate of drug-likeness (QED) is 0.776. The van der Waals surface area contributed by atoms with Gasteiger partial charge in [0.05, 0.1) is 11.3 Å². The van der Waals surface area contributed by atoms with Gasteiger partial charge in [-0.05, 0) is 47.2 Å². The standard InChI is InChI=1S/C13H17IN2O3/c1-3-4-7-16(2)13(19)15-11-8-9(12(17)18)5-6-10(11)14/h5-6,8H,3-4,7H2,1-2H3,(H,15,19)(H,17,18). The van der Waals surface area contributed by atoms with Gasteiger partial charge in [0.25, 0.3) is 0 Å². The van der Waals surface area contributed by atoms with Gasteiger partial charge in [0.1, 0.15) is 0 Å². The third-order valence-corrected chi connectivity index (χ3v) is 3.59. The Morgan fingerprint density at radius 1 is 1.42 bits per heavy atom. The molecule has 1 rings (SSSR count). The fraction of sp³-hybridized carbons (Fsp3) is 0.385. The molecule has 6 heteroatoms. The molecule has 0 unspecified atom stereocenters. The van der Waals surface area contributed by atoms with Crippen molar-refractivity contribution < 1.29 is 14.7 Å². The lowest BCUT2D eigenvalue weighted by Crippen LogP contribution is -2.32. The number of nitrogens with zero attached hydrogens (tertiary/aromatic N) is 1. The molecule has 0 aliphatic rings. The zero-order valence-corrected chi connectivity index (χ0v) is 13.1. The van der Waals surface area contributed by atoms with Crippen molar-refractivity contribution in [2.45, 2.75) is 19.8 Å². The summed E-state index contributed by atoms with van der Waals surface area (Å²) in [6.07, 6.45) is 1.96. The molecule has 0 aliphatic carbocycles. The smallest absolute Gasteiger partial charge is 0.335 e. The Kier molecular flexibility index (Phi) is 6.07. The Morgan fingerprint density at radius 2 is 2.11 bits per heavy atom. The number of benzene rings is 1. The topological polar surface area (TPSA) is 69.6 Å². The molecule has 2 amide bonds. The third kappa shape index (κ3) is 4.70. The first kappa shape index (κ1) is 15.7. The van der Waals surface area contributed by atoms with Crippen LogP contribution in [0.5, 0.6) is 0 Å². The van der Waals surface area contributed by atoms with E-state index in [0.29, 0.717) is 12.2 Å². The molecule has 0 aliphatic heterocycles. The van der Waals surface area contributed by atoms with Crippen molar-refractivity contribution in [3.63, 3.8) is 0 Å². The highest BCUT2D eigenvalue weighted by Gasteiger charge is 2.12. The zero-order chi connectivity index (χ0) is 14.4. The molecule has 0 saturated carbocycles. The van der Waals surface area contributed by atoms with E-state index in [0.717, 1.165) is 16.4 Å². The van der Waals surface area contributed by atoms with Crippen LogP contribution in [0.25, 0.3) is 0 Å². The van der Waals surface area contributed by atoms with E-state index >= 15 is 0 Å². The highest BCUT2D eigenvalue weighted by Crippen LogP contribution is 2.20. The molecule has 0 heterocycles. The number of carboxylic acids is 1. The maximum atomic E-state index is 11.9. The molecular formula is C13H17IN2O3. The number of carbonyl (C=O) groups excluding carboxylic acids is 1. The zero-order valence-electron chi connectivity index (χ0n) is 10.9. The Balaban J connectivity index is 2.78. The van der Waals surface area contributed by atoms with Crippen molar-refractivity contribution in [3.8, 4) is 0 Å². The fourth-order valence-corrected chi connectivity index (χ4v) is 1.93. The molecule has 2 N–H and O–H groups in total. The number of anilines is 1. The molecular weight excluding hydrogens is 359 g/mol. The minimum atomic E-state index is -1.01. The number of aromatic carboxylic acids is 1. The summed E-state index contributed by atoms with van der Waals surface area (Å²) in [6.45, 7) is 2.74. The van der Waals surface area contributed by atoms with Crippen LogP contribution in [-0.2, 0) is 0 Å². The largest absolute Gasteiger partial charge is 0.478 e. The van der Waals surface area contributed by atoms with Gasteiger partial charge in [-0.2, -0.15) is 0 Å². The molecule has 0 bridgehead atoms. The van der Waals surface area contributed by atoms with Crippen LogP contribution in [-0.4, -0.2) is 35.6 Å². The Bertz CT molecular complexity index is 477. The maximum absolute atomic E-state index is 11.9. The Morgan fingerprint density at radius 3 is 2.68 bits per heavy atom. The van der Waals surface area contributed by atoms with Crippen molar-refractivity contribution in [3.05, 3.63) is 27.3 Å². The van der Waals surface area contributed by atoms with E-state index in [1.165, 1.54) is 12.1 Å². The molecule has 19 heavy (non-hydrogen) atoms. The molecule has 0 atom stereocenters. The van der Waals surface area contributed by atoms with Crippen molar-refractivity contribution in [1.82, 2.24) is 4.90 Å². The van der Waals surface area contributed by atoms with Crippen LogP contribution in [0.4, 0.5) is 10.5 Å². The molecule has 1 aromatic rings. The summed E-state index contributed by atoms with van der Waals surface area (Å²) >= 11 is 2.06. The maximum Gasteiger partial charge on any atom is 0.335 e. The van der Waals surface area contributed by atoms with Crippen molar-refractivity contribution in [2.24, 2.45) is 0 Å². The van der Waals surface area contributed by atoms with Crippen molar-refractivity contribution in [2.75, 3.05) is 18.9 Å². The number of nitrogens with one attached hydrogen (secondary N) is 1. The van der Waals surface area contributed by atoms with E-state index in [1.807, 2.05) is 0 Å². The van der Waals surface area contributed by atoms with E-state index < -0.39 is 5.97 Å². The number of hydrogen-bond acceptors (Lipinski definition) is 2. The molecule has 0 saturated heterocycles. The van der Waals surface area contributed by atoms with Crippen molar-refractivity contribution >= 4 is 40.3 Å². The number of urea groups is 1. The van der Waals surface area contributed by atoms with E-state index in [2.05, 4.69) is 34.8 Å². The first-order chi connectivity index (χ1) is 8.95. The summed E-state index contributed by atoms with van der Waals surface area (Å²) in [5.41, 5.74) is 0.681. The fourth-order valence-electron chi connectivity index (χ4n) is 1.46. The highest BCUT2D eigenvalue weighted by atomic mass is 127. The third-order valence-electron chi connectivity index (χ3n) is 2.65. The summed E-state index contributed by atoms with van der Waals surface area (Å²) < 4.78 is 0.805. The van der Waals surface area contributed by atoms with Crippen LogP contribution in [0, 0.1) is 3.57 Å². The lowest BCUT2D eigenvalue weighted by atomic mass is 10.2. The molecule has 0 radical (unpaired) electrons. The Labute approximate surface area is 126 Å². The number of hydrogen-bond donors (Lipinski definition) is 2. The number of unbranched alkanes of at least 4 members (excludes halogenated alkanes) is 1. The van der Waals surface area contributed by atoms with Gasteiger partial charge in [0.15, 0.2) is 0 Å². The van der Waals surface area contributed by atoms with Gasteiger partial charge in [0.2, 0.25) is 0 Å². The molecule has 5 nitrogen and oxygen atoms in total. The average Bonchev–Trinajstić information content (AvgIpc) is 2.38. The van der Waals surface area contributed by atoms with Gasteiger partial charge in [-0.15, -0.1) is 0 Å². The van der Waals surface area contributed by atoms with Crippen LogP contribution < -0.4 is 5.32 Å². The first-order valence-electron chi connectivity index (χ1n) is 6.00. The van der Waals surface area contributed by atoms with Crippen molar-refractivity contribution in [1.29, 1.82) is 0 Å². The average molecular weight is 376 g/mol. The van der Waals surface area contributed by atoms with Gasteiger partial charge in [-0.25, -0.2) is 9.59 Å². The van der Waals surface area contributed by atoms with Gasteiger partial charge >= 0.3 is 12.0 Å². The van der Waals surface area contributed by atoms with Gasteiger partial charge in [-0.3, -0.25) is 0 Å². The lowest BCUT2D eigenvalue weighted by Gasteiger charge is -2.18. The summed E-state index contributed by atoms with van der Waals surface area (Å²) in [4.78, 5) is 24.4. The summed E-state index contributed by atoms with van der Waals surface area (Å²) in [7, 11) is 1.72. The lowest BCUT2D eigenvalue weighted by molar-refractivity contribution is 0.0697.